The van der Waals surface area contributed by atoms with Crippen LogP contribution in [0, 0.1) is 11.3 Å². The standard InChI is InChI=1S/C15H20O6/c1-13(2)8-5-6-15(13,21-11(8)17)12(18)19-9-7-10(16)20-14(9,3)4/h8-9H,5-7H2,1-4H3/t8-,9+,15+/m0/s1. The van der Waals surface area contributed by atoms with E-state index in [1.165, 1.54) is 0 Å². The van der Waals surface area contributed by atoms with Gasteiger partial charge in [0.25, 0.3) is 0 Å². The van der Waals surface area contributed by atoms with Gasteiger partial charge >= 0.3 is 17.9 Å². The van der Waals surface area contributed by atoms with Gasteiger partial charge in [-0.2, -0.15) is 0 Å². The van der Waals surface area contributed by atoms with Crippen LogP contribution in [-0.2, 0) is 28.6 Å². The van der Waals surface area contributed by atoms with Crippen molar-refractivity contribution in [2.75, 3.05) is 0 Å². The van der Waals surface area contributed by atoms with Crippen molar-refractivity contribution in [2.45, 2.75) is 64.3 Å². The minimum absolute atomic E-state index is 0.0343. The summed E-state index contributed by atoms with van der Waals surface area (Å²) in [6.07, 6.45) is 0.481. The van der Waals surface area contributed by atoms with Gasteiger partial charge in [0, 0.05) is 5.41 Å². The van der Waals surface area contributed by atoms with Gasteiger partial charge in [-0.25, -0.2) is 4.79 Å². The number of rotatable bonds is 2. The van der Waals surface area contributed by atoms with Crippen LogP contribution in [0.3, 0.4) is 0 Å². The summed E-state index contributed by atoms with van der Waals surface area (Å²) in [7, 11) is 0. The summed E-state index contributed by atoms with van der Waals surface area (Å²) in [6, 6.07) is 0. The lowest BCUT2D eigenvalue weighted by Gasteiger charge is -2.35. The second-order valence-electron chi connectivity index (χ2n) is 7.24. The Hall–Kier alpha value is -1.59. The SMILES string of the molecule is CC1(C)OC(=O)C[C@H]1OC(=O)[C@@]12CC[C@@H](C(=O)O1)C2(C)C. The number of hydrogen-bond donors (Lipinski definition) is 0. The van der Waals surface area contributed by atoms with E-state index in [0.717, 1.165) is 0 Å². The first kappa shape index (κ1) is 14.4. The molecular weight excluding hydrogens is 276 g/mol. The lowest BCUT2D eigenvalue weighted by molar-refractivity contribution is -0.191. The lowest BCUT2D eigenvalue weighted by atomic mass is 9.75. The van der Waals surface area contributed by atoms with Crippen molar-refractivity contribution in [1.29, 1.82) is 0 Å². The zero-order valence-corrected chi connectivity index (χ0v) is 12.7. The third-order valence-electron chi connectivity index (χ3n) is 5.34. The maximum atomic E-state index is 12.7. The number of cyclic esters (lactones) is 1. The summed E-state index contributed by atoms with van der Waals surface area (Å²) >= 11 is 0. The smallest absolute Gasteiger partial charge is 0.351 e. The molecule has 3 rings (SSSR count). The summed E-state index contributed by atoms with van der Waals surface area (Å²) < 4.78 is 16.1. The Labute approximate surface area is 123 Å². The van der Waals surface area contributed by atoms with Gasteiger partial charge in [0.1, 0.15) is 5.60 Å². The largest absolute Gasteiger partial charge is 0.456 e. The van der Waals surface area contributed by atoms with Gasteiger partial charge in [-0.1, -0.05) is 13.8 Å². The van der Waals surface area contributed by atoms with Crippen LogP contribution in [0.5, 0.6) is 0 Å². The maximum Gasteiger partial charge on any atom is 0.351 e. The number of hydrogen-bond acceptors (Lipinski definition) is 6. The number of carbonyl (C=O) groups is 3. The van der Waals surface area contributed by atoms with Gasteiger partial charge in [0.05, 0.1) is 12.3 Å². The molecule has 0 aromatic carbocycles. The summed E-state index contributed by atoms with van der Waals surface area (Å²) in [4.78, 5) is 35.9. The van der Waals surface area contributed by atoms with Crippen molar-refractivity contribution in [3.63, 3.8) is 0 Å². The van der Waals surface area contributed by atoms with Gasteiger partial charge in [0.15, 0.2) is 6.10 Å². The molecule has 0 radical (unpaired) electrons. The summed E-state index contributed by atoms with van der Waals surface area (Å²) in [5.74, 6) is -1.54. The molecule has 6 nitrogen and oxygen atoms in total. The fraction of sp³-hybridized carbons (Fsp3) is 0.800. The van der Waals surface area contributed by atoms with Crippen LogP contribution in [0.1, 0.15) is 47.0 Å². The highest BCUT2D eigenvalue weighted by Crippen LogP contribution is 2.59. The molecule has 1 aliphatic carbocycles. The monoisotopic (exact) mass is 296 g/mol. The van der Waals surface area contributed by atoms with Crippen molar-refractivity contribution >= 4 is 17.9 Å². The van der Waals surface area contributed by atoms with Crippen LogP contribution in [0.4, 0.5) is 0 Å². The topological polar surface area (TPSA) is 78.9 Å². The number of carbonyl (C=O) groups excluding carboxylic acids is 3. The van der Waals surface area contributed by atoms with Gasteiger partial charge in [0.2, 0.25) is 5.60 Å². The molecule has 0 aromatic heterocycles. The van der Waals surface area contributed by atoms with Crippen LogP contribution in [-0.4, -0.2) is 35.2 Å². The van der Waals surface area contributed by atoms with E-state index in [2.05, 4.69) is 0 Å². The van der Waals surface area contributed by atoms with E-state index >= 15 is 0 Å². The van der Waals surface area contributed by atoms with Gasteiger partial charge < -0.3 is 14.2 Å². The maximum absolute atomic E-state index is 12.7. The highest BCUT2D eigenvalue weighted by atomic mass is 16.6. The first-order valence-electron chi connectivity index (χ1n) is 7.26. The summed E-state index contributed by atoms with van der Waals surface area (Å²) in [6.45, 7) is 7.13. The van der Waals surface area contributed by atoms with Crippen LogP contribution in [0.25, 0.3) is 0 Å². The predicted molar refractivity (Wildman–Crippen MR) is 70.0 cm³/mol. The third kappa shape index (κ3) is 1.74. The Morgan fingerprint density at radius 3 is 2.29 bits per heavy atom. The van der Waals surface area contributed by atoms with E-state index in [-0.39, 0.29) is 24.3 Å². The Morgan fingerprint density at radius 1 is 1.19 bits per heavy atom. The van der Waals surface area contributed by atoms with E-state index in [0.29, 0.717) is 12.8 Å². The second-order valence-corrected chi connectivity index (χ2v) is 7.24. The zero-order valence-electron chi connectivity index (χ0n) is 12.7. The zero-order chi connectivity index (χ0) is 15.6. The predicted octanol–water partition coefficient (Wildman–Crippen LogP) is 1.36. The Bertz CT molecular complexity index is 534. The van der Waals surface area contributed by atoms with Crippen LogP contribution >= 0.6 is 0 Å². The van der Waals surface area contributed by atoms with E-state index < -0.39 is 28.7 Å². The second kappa shape index (κ2) is 3.99. The highest BCUT2D eigenvalue weighted by Gasteiger charge is 2.71. The lowest BCUT2D eigenvalue weighted by Crippen LogP contribution is -2.50. The van der Waals surface area contributed by atoms with Gasteiger partial charge in [-0.3, -0.25) is 9.59 Å². The summed E-state index contributed by atoms with van der Waals surface area (Å²) in [5, 5.41) is 0. The van der Waals surface area contributed by atoms with Gasteiger partial charge in [-0.15, -0.1) is 0 Å². The van der Waals surface area contributed by atoms with Crippen molar-refractivity contribution < 1.29 is 28.6 Å². The average Bonchev–Trinajstić information content (AvgIpc) is 2.82. The van der Waals surface area contributed by atoms with Crippen molar-refractivity contribution in [3.05, 3.63) is 0 Å². The Morgan fingerprint density at radius 2 is 1.86 bits per heavy atom. The fourth-order valence-corrected chi connectivity index (χ4v) is 3.76. The Balaban J connectivity index is 1.83. The highest BCUT2D eigenvalue weighted by molar-refractivity contribution is 5.92. The molecule has 3 fully saturated rings. The molecule has 2 aliphatic heterocycles. The number of esters is 3. The summed E-state index contributed by atoms with van der Waals surface area (Å²) in [5.41, 5.74) is -2.67. The van der Waals surface area contributed by atoms with Crippen LogP contribution in [0.15, 0.2) is 0 Å². The van der Waals surface area contributed by atoms with E-state index in [1.54, 1.807) is 13.8 Å². The molecule has 0 aromatic rings. The molecule has 3 aliphatic rings. The van der Waals surface area contributed by atoms with Crippen LogP contribution < -0.4 is 0 Å². The molecule has 1 saturated carbocycles. The van der Waals surface area contributed by atoms with E-state index in [4.69, 9.17) is 14.2 Å². The van der Waals surface area contributed by atoms with Crippen LogP contribution in [0.2, 0.25) is 0 Å². The molecule has 3 atom stereocenters. The van der Waals surface area contributed by atoms with Crippen molar-refractivity contribution in [2.24, 2.45) is 11.3 Å². The van der Waals surface area contributed by atoms with Crippen molar-refractivity contribution in [3.8, 4) is 0 Å². The first-order chi connectivity index (χ1) is 9.60. The fourth-order valence-electron chi connectivity index (χ4n) is 3.76. The van der Waals surface area contributed by atoms with E-state index in [9.17, 15) is 14.4 Å². The minimum Gasteiger partial charge on any atom is -0.456 e. The molecule has 0 amide bonds. The van der Waals surface area contributed by atoms with Crippen molar-refractivity contribution in [1.82, 2.24) is 0 Å². The molecule has 6 heteroatoms. The molecule has 2 bridgehead atoms. The molecule has 116 valence electrons. The normalized spacial score (nSPS) is 39.0. The number of ether oxygens (including phenoxy) is 3. The molecule has 2 heterocycles. The molecule has 2 saturated heterocycles. The molecule has 0 spiro atoms. The quantitative estimate of drug-likeness (QED) is 0.565. The van der Waals surface area contributed by atoms with Gasteiger partial charge in [-0.05, 0) is 26.7 Å². The average molecular weight is 296 g/mol. The third-order valence-corrected chi connectivity index (χ3v) is 5.34. The Kier molecular flexibility index (Phi) is 2.72. The molecule has 0 unspecified atom stereocenters. The molecular formula is C15H20O6. The minimum atomic E-state index is -1.23. The molecule has 21 heavy (non-hydrogen) atoms. The van der Waals surface area contributed by atoms with E-state index in [1.807, 2.05) is 13.8 Å². The number of fused-ring (bicyclic) bond motifs is 2. The molecule has 0 N–H and O–H groups in total. The first-order valence-corrected chi connectivity index (χ1v) is 7.26.